The van der Waals surface area contributed by atoms with Crippen LogP contribution in [0.1, 0.15) is 65.5 Å². The van der Waals surface area contributed by atoms with E-state index in [9.17, 15) is 25.9 Å². The van der Waals surface area contributed by atoms with Gasteiger partial charge in [-0.25, -0.2) is 0 Å². The van der Waals surface area contributed by atoms with Gasteiger partial charge < -0.3 is 29.9 Å². The van der Waals surface area contributed by atoms with Gasteiger partial charge in [0.05, 0.1) is 47.7 Å². The highest BCUT2D eigenvalue weighted by molar-refractivity contribution is 7.99. The quantitative estimate of drug-likeness (QED) is 0.0279. The van der Waals surface area contributed by atoms with Crippen molar-refractivity contribution in [3.63, 3.8) is 0 Å². The van der Waals surface area contributed by atoms with Crippen LogP contribution < -0.4 is 29.9 Å². The minimum absolute atomic E-state index is 0.167. The van der Waals surface area contributed by atoms with Crippen molar-refractivity contribution in [3.8, 4) is 11.5 Å². The SMILES string of the molecule is CCC(CC)Sc1nc(Nc2cc(N(CC)CC)c(OC)cc2N=Nc2snc3sc(S(=O)(=O)O)c(C)c23)nc(Nc2cc(N(CC)CC)c(OC)cc2N=Nc2snc3sc(S(=O)(=O)O)c(C)c23)n1. The van der Waals surface area contributed by atoms with E-state index < -0.39 is 20.2 Å². The third-order valence-corrected chi connectivity index (χ3v) is 19.4. The molecule has 0 saturated heterocycles. The molecule has 21 nitrogen and oxygen atoms in total. The van der Waals surface area contributed by atoms with Crippen LogP contribution in [0.5, 0.6) is 11.5 Å². The van der Waals surface area contributed by atoms with Crippen LogP contribution in [0.2, 0.25) is 0 Å². The van der Waals surface area contributed by atoms with Crippen molar-refractivity contribution >= 4 is 154 Å². The molecule has 0 spiro atoms. The lowest BCUT2D eigenvalue weighted by Crippen LogP contribution is -2.22. The Morgan fingerprint density at radius 1 is 0.643 bits per heavy atom. The third kappa shape index (κ3) is 11.1. The van der Waals surface area contributed by atoms with Gasteiger partial charge in [0.2, 0.25) is 11.9 Å². The number of rotatable bonds is 22. The first-order valence-electron chi connectivity index (χ1n) is 21.9. The van der Waals surface area contributed by atoms with Crippen molar-refractivity contribution in [2.24, 2.45) is 20.5 Å². The maximum atomic E-state index is 12.1. The molecule has 0 amide bonds. The first-order chi connectivity index (χ1) is 33.4. The number of nitrogens with one attached hydrogen (secondary N) is 2. The van der Waals surface area contributed by atoms with Gasteiger partial charge in [0.25, 0.3) is 0 Å². The van der Waals surface area contributed by atoms with Crippen LogP contribution in [-0.2, 0) is 20.2 Å². The number of ether oxygens (including phenoxy) is 2. The Balaban J connectivity index is 1.36. The van der Waals surface area contributed by atoms with E-state index >= 15 is 0 Å². The zero-order chi connectivity index (χ0) is 50.7. The molecule has 0 saturated carbocycles. The van der Waals surface area contributed by atoms with Gasteiger partial charge in [-0.05, 0) is 101 Å². The maximum Gasteiger partial charge on any atom is 0.304 e. The third-order valence-electron chi connectivity index (χ3n) is 11.1. The van der Waals surface area contributed by atoms with Crippen LogP contribution in [0.15, 0.2) is 58.3 Å². The molecule has 0 aliphatic rings. The molecule has 5 aromatic heterocycles. The molecule has 0 radical (unpaired) electrons. The van der Waals surface area contributed by atoms with Crippen molar-refractivity contribution in [1.29, 1.82) is 0 Å². The van der Waals surface area contributed by atoms with E-state index in [1.807, 2.05) is 39.8 Å². The molecule has 7 rings (SSSR count). The van der Waals surface area contributed by atoms with Crippen LogP contribution >= 0.6 is 57.5 Å². The Hall–Kier alpha value is -5.20. The number of thiophene rings is 2. The van der Waals surface area contributed by atoms with E-state index in [1.54, 1.807) is 40.2 Å². The lowest BCUT2D eigenvalue weighted by atomic mass is 10.2. The van der Waals surface area contributed by atoms with E-state index in [1.165, 1.54) is 11.8 Å². The average molecular weight is 1090 g/mol. The fraction of sp³-hybridized carbons (Fsp3) is 0.405. The summed E-state index contributed by atoms with van der Waals surface area (Å²) in [6.45, 7) is 18.2. The Morgan fingerprint density at radius 2 is 1.04 bits per heavy atom. The molecular weight excluding hydrogens is 1040 g/mol. The number of aromatic nitrogens is 5. The van der Waals surface area contributed by atoms with Gasteiger partial charge in [-0.2, -0.15) is 40.5 Å². The van der Waals surface area contributed by atoms with Gasteiger partial charge in [-0.15, -0.1) is 20.5 Å². The number of hydrogen-bond acceptors (Lipinski definition) is 24. The van der Waals surface area contributed by atoms with E-state index in [0.29, 0.717) is 107 Å². The summed E-state index contributed by atoms with van der Waals surface area (Å²) in [6, 6.07) is 7.23. The van der Waals surface area contributed by atoms with E-state index in [4.69, 9.17) is 24.4 Å². The second-order valence-electron chi connectivity index (χ2n) is 15.2. The molecule has 0 aliphatic heterocycles. The monoisotopic (exact) mass is 1090 g/mol. The van der Waals surface area contributed by atoms with Crippen molar-refractivity contribution in [2.45, 2.75) is 87.1 Å². The minimum atomic E-state index is -4.48. The number of thioether (sulfide) groups is 1. The molecule has 0 atom stereocenters. The highest BCUT2D eigenvalue weighted by Gasteiger charge is 2.26. The zero-order valence-electron chi connectivity index (χ0n) is 39.8. The van der Waals surface area contributed by atoms with Gasteiger partial charge in [-0.3, -0.25) is 9.11 Å². The molecule has 374 valence electrons. The van der Waals surface area contributed by atoms with E-state index in [-0.39, 0.29) is 25.6 Å². The smallest absolute Gasteiger partial charge is 0.304 e. The number of aryl methyl sites for hydroxylation is 2. The fourth-order valence-electron chi connectivity index (χ4n) is 7.47. The summed E-state index contributed by atoms with van der Waals surface area (Å²) in [4.78, 5) is 19.7. The first-order valence-corrected chi connectivity index (χ1v) is 28.8. The van der Waals surface area contributed by atoms with Crippen molar-refractivity contribution in [1.82, 2.24) is 23.7 Å². The van der Waals surface area contributed by atoms with Crippen LogP contribution in [0, 0.1) is 13.8 Å². The molecule has 0 aliphatic carbocycles. The number of benzene rings is 2. The van der Waals surface area contributed by atoms with Gasteiger partial charge in [0.1, 0.15) is 32.5 Å². The minimum Gasteiger partial charge on any atom is -0.494 e. The fourth-order valence-corrected chi connectivity index (χ4v) is 14.3. The van der Waals surface area contributed by atoms with Gasteiger partial charge in [0.15, 0.2) is 23.6 Å². The summed E-state index contributed by atoms with van der Waals surface area (Å²) >= 11 is 5.32. The lowest BCUT2D eigenvalue weighted by molar-refractivity contribution is 0.414. The van der Waals surface area contributed by atoms with Crippen LogP contribution in [-0.4, -0.2) is 95.3 Å². The normalized spacial score (nSPS) is 12.4. The summed E-state index contributed by atoms with van der Waals surface area (Å²) in [6.07, 6.45) is 1.70. The lowest BCUT2D eigenvalue weighted by Gasteiger charge is -2.25. The molecule has 2 aromatic carbocycles. The van der Waals surface area contributed by atoms with Crippen molar-refractivity contribution < 1.29 is 35.4 Å². The Morgan fingerprint density at radius 3 is 1.39 bits per heavy atom. The van der Waals surface area contributed by atoms with E-state index in [0.717, 1.165) is 70.0 Å². The number of nitrogens with zero attached hydrogens (tertiary/aromatic N) is 11. The van der Waals surface area contributed by atoms with Gasteiger partial charge >= 0.3 is 20.2 Å². The molecular formula is C42H51N13O8S7. The van der Waals surface area contributed by atoms with Crippen LogP contribution in [0.3, 0.4) is 0 Å². The second kappa shape index (κ2) is 22.1. The second-order valence-corrected chi connectivity index (χ2v) is 23.2. The Labute approximate surface area is 425 Å². The van der Waals surface area contributed by atoms with Gasteiger partial charge in [0, 0.05) is 43.6 Å². The maximum absolute atomic E-state index is 12.1. The number of anilines is 6. The molecule has 0 fully saturated rings. The first kappa shape index (κ1) is 52.6. The van der Waals surface area contributed by atoms with Crippen LogP contribution in [0.4, 0.5) is 56.0 Å². The number of azo groups is 2. The summed E-state index contributed by atoms with van der Waals surface area (Å²) in [7, 11) is -5.83. The van der Waals surface area contributed by atoms with Gasteiger partial charge in [-0.1, -0.05) is 48.3 Å². The van der Waals surface area contributed by atoms with E-state index in [2.05, 4.69) is 63.5 Å². The predicted molar refractivity (Wildman–Crippen MR) is 282 cm³/mol. The molecule has 7 aromatic rings. The standard InChI is InChI=1S/C42H51N13O8S7/c1-11-23(12-2)64-42-46-40(43-24-17-28(54(13-3)14-4)30(62-9)19-26(24)48-50-34-32-21(7)38(69(56,57)58)65-36(32)52-67-34)45-41(47-42)44-25-18-29(55(15-5)16-6)31(63-10)20-27(25)49-51-35-33-22(8)39(70(59,60)61)66-37(33)53-68-35/h17-20,23H,11-16H2,1-10H3,(H,56,57,58)(H,59,60,61)(H2,43,44,45,46,47). The Kier molecular flexibility index (Phi) is 16.6. The number of fused-ring (bicyclic) bond motifs is 2. The molecule has 0 unspecified atom stereocenters. The van der Waals surface area contributed by atoms with Crippen molar-refractivity contribution in [2.75, 3.05) is 60.8 Å². The molecule has 4 N–H and O–H groups in total. The summed E-state index contributed by atoms with van der Waals surface area (Å²) in [5.41, 5.74) is 3.78. The number of hydrogen-bond donors (Lipinski definition) is 4. The van der Waals surface area contributed by atoms with Crippen molar-refractivity contribution in [3.05, 3.63) is 35.4 Å². The topological polar surface area (TPSA) is 272 Å². The highest BCUT2D eigenvalue weighted by atomic mass is 32.3. The summed E-state index contributed by atoms with van der Waals surface area (Å²) in [5.74, 6) is 1.39. The summed E-state index contributed by atoms with van der Waals surface area (Å²) in [5, 5.41) is 27.4. The predicted octanol–water partition coefficient (Wildman–Crippen LogP) is 12.6. The molecule has 70 heavy (non-hydrogen) atoms. The molecule has 5 heterocycles. The number of methoxy groups -OCH3 is 2. The largest absolute Gasteiger partial charge is 0.494 e. The zero-order valence-corrected chi connectivity index (χ0v) is 45.5. The molecule has 28 heteroatoms. The summed E-state index contributed by atoms with van der Waals surface area (Å²) < 4.78 is 88.4. The molecule has 0 bridgehead atoms. The Bertz CT molecular complexity index is 3110. The highest BCUT2D eigenvalue weighted by Crippen LogP contribution is 2.47. The van der Waals surface area contributed by atoms with Crippen LogP contribution in [0.25, 0.3) is 20.4 Å². The average Bonchev–Trinajstić information content (AvgIpc) is 4.10.